The van der Waals surface area contributed by atoms with Gasteiger partial charge >= 0.3 is 0 Å². The third-order valence-electron chi connectivity index (χ3n) is 7.34. The van der Waals surface area contributed by atoms with E-state index in [9.17, 15) is 4.79 Å². The third-order valence-corrected chi connectivity index (χ3v) is 8.17. The lowest BCUT2D eigenvalue weighted by molar-refractivity contribution is 0.0921. The second kappa shape index (κ2) is 11.6. The van der Waals surface area contributed by atoms with E-state index < -0.39 is 0 Å². The number of Topliss-reactive ketones (excluding diaryl/α,β-unsaturated/α-hetero) is 1. The second-order valence-corrected chi connectivity index (χ2v) is 11.0. The molecule has 0 amide bonds. The number of thiazole rings is 1. The summed E-state index contributed by atoms with van der Waals surface area (Å²) in [6, 6.07) is 17.1. The maximum atomic E-state index is 13.0. The van der Waals surface area contributed by atoms with Crippen molar-refractivity contribution in [2.45, 2.75) is 39.3 Å². The van der Waals surface area contributed by atoms with Gasteiger partial charge in [0.2, 0.25) is 0 Å². The number of rotatable bonds is 8. The molecule has 0 N–H and O–H groups in total. The number of piperazine rings is 1. The van der Waals surface area contributed by atoms with Crippen molar-refractivity contribution in [2.75, 3.05) is 45.8 Å². The molecule has 0 unspecified atom stereocenters. The first kappa shape index (κ1) is 24.3. The predicted molar refractivity (Wildman–Crippen MR) is 143 cm³/mol. The van der Waals surface area contributed by atoms with Crippen LogP contribution in [0.5, 0.6) is 0 Å². The number of benzene rings is 2. The highest BCUT2D eigenvalue weighted by molar-refractivity contribution is 7.09. The van der Waals surface area contributed by atoms with Gasteiger partial charge in [-0.05, 0) is 42.5 Å². The fourth-order valence-electron chi connectivity index (χ4n) is 5.23. The van der Waals surface area contributed by atoms with Crippen molar-refractivity contribution in [1.29, 1.82) is 0 Å². The topological polar surface area (TPSA) is 39.7 Å². The SMILES string of the molecule is Cc1nc(CN2CCN(CCC(=O)c3ccc4c(c3)CCN(Cc3ccccc3)CC4)CC2)cs1. The summed E-state index contributed by atoms with van der Waals surface area (Å²) < 4.78 is 0. The maximum absolute atomic E-state index is 13.0. The average molecular weight is 489 g/mol. The Labute approximate surface area is 213 Å². The molecule has 184 valence electrons. The Balaban J connectivity index is 1.09. The summed E-state index contributed by atoms with van der Waals surface area (Å²) in [5, 5.41) is 3.31. The Morgan fingerprint density at radius 3 is 2.31 bits per heavy atom. The summed E-state index contributed by atoms with van der Waals surface area (Å²) in [4.78, 5) is 25.1. The largest absolute Gasteiger partial charge is 0.300 e. The Morgan fingerprint density at radius 1 is 0.857 bits per heavy atom. The molecule has 0 bridgehead atoms. The van der Waals surface area contributed by atoms with Crippen LogP contribution in [0.25, 0.3) is 0 Å². The molecule has 0 spiro atoms. The van der Waals surface area contributed by atoms with E-state index in [1.54, 1.807) is 11.3 Å². The van der Waals surface area contributed by atoms with Crippen molar-refractivity contribution in [3.8, 4) is 0 Å². The lowest BCUT2D eigenvalue weighted by atomic mass is 9.97. The van der Waals surface area contributed by atoms with Crippen LogP contribution in [0.2, 0.25) is 0 Å². The molecule has 6 heteroatoms. The number of aromatic nitrogens is 1. The van der Waals surface area contributed by atoms with E-state index in [-0.39, 0.29) is 5.78 Å². The summed E-state index contributed by atoms with van der Waals surface area (Å²) in [6.07, 6.45) is 2.68. The number of carbonyl (C=O) groups excluding carboxylic acids is 1. The van der Waals surface area contributed by atoms with Gasteiger partial charge in [-0.2, -0.15) is 0 Å². The molecule has 3 heterocycles. The van der Waals surface area contributed by atoms with Crippen LogP contribution in [-0.2, 0) is 25.9 Å². The quantitative estimate of drug-likeness (QED) is 0.439. The number of nitrogens with zero attached hydrogens (tertiary/aromatic N) is 4. The molecule has 3 aromatic rings. The highest BCUT2D eigenvalue weighted by Gasteiger charge is 2.20. The number of ketones is 1. The first-order chi connectivity index (χ1) is 17.1. The summed E-state index contributed by atoms with van der Waals surface area (Å²) in [5.41, 5.74) is 6.20. The molecule has 1 aromatic heterocycles. The maximum Gasteiger partial charge on any atom is 0.164 e. The molecular weight excluding hydrogens is 452 g/mol. The van der Waals surface area contributed by atoms with E-state index in [2.05, 4.69) is 80.5 Å². The Bertz CT molecular complexity index is 1120. The lowest BCUT2D eigenvalue weighted by Gasteiger charge is -2.34. The zero-order valence-electron chi connectivity index (χ0n) is 20.8. The van der Waals surface area contributed by atoms with Crippen LogP contribution >= 0.6 is 11.3 Å². The van der Waals surface area contributed by atoms with Gasteiger partial charge in [-0.25, -0.2) is 4.98 Å². The van der Waals surface area contributed by atoms with Crippen LogP contribution in [0.1, 0.15) is 44.2 Å². The number of aryl methyl sites for hydroxylation is 1. The van der Waals surface area contributed by atoms with Crippen LogP contribution in [0.15, 0.2) is 53.9 Å². The van der Waals surface area contributed by atoms with E-state index in [1.165, 1.54) is 22.4 Å². The van der Waals surface area contributed by atoms with Crippen molar-refractivity contribution >= 4 is 17.1 Å². The van der Waals surface area contributed by atoms with E-state index in [1.807, 2.05) is 0 Å². The average Bonchev–Trinajstić information content (AvgIpc) is 3.19. The molecule has 0 saturated carbocycles. The van der Waals surface area contributed by atoms with Crippen LogP contribution in [-0.4, -0.2) is 71.3 Å². The molecule has 2 aliphatic heterocycles. The number of hydrogen-bond donors (Lipinski definition) is 0. The molecule has 35 heavy (non-hydrogen) atoms. The van der Waals surface area contributed by atoms with Crippen LogP contribution in [0.4, 0.5) is 0 Å². The minimum atomic E-state index is 0.276. The van der Waals surface area contributed by atoms with Gasteiger partial charge in [-0.3, -0.25) is 14.6 Å². The van der Waals surface area contributed by atoms with Gasteiger partial charge < -0.3 is 4.90 Å². The summed E-state index contributed by atoms with van der Waals surface area (Å²) >= 11 is 1.72. The van der Waals surface area contributed by atoms with Gasteiger partial charge in [0.15, 0.2) is 5.78 Å². The van der Waals surface area contributed by atoms with Crippen molar-refractivity contribution in [3.05, 3.63) is 86.9 Å². The molecule has 5 nitrogen and oxygen atoms in total. The Kier molecular flexibility index (Phi) is 8.04. The molecular formula is C29H36N4OS. The van der Waals surface area contributed by atoms with E-state index >= 15 is 0 Å². The van der Waals surface area contributed by atoms with Gasteiger partial charge in [0, 0.05) is 76.3 Å². The molecule has 0 radical (unpaired) electrons. The number of carbonyl (C=O) groups is 1. The first-order valence-electron chi connectivity index (χ1n) is 12.9. The van der Waals surface area contributed by atoms with Crippen LogP contribution in [0, 0.1) is 6.92 Å². The standard InChI is InChI=1S/C29H36N4OS/c1-23-30-28(22-35-23)21-33-17-15-31(16-18-33)14-11-29(34)27-8-7-25-9-12-32(13-10-26(25)19-27)20-24-5-3-2-4-6-24/h2-8,19,22H,9-18,20-21H2,1H3. The zero-order valence-corrected chi connectivity index (χ0v) is 21.6. The number of fused-ring (bicyclic) bond motifs is 1. The fourth-order valence-corrected chi connectivity index (χ4v) is 5.83. The summed E-state index contributed by atoms with van der Waals surface area (Å²) in [5.74, 6) is 0.276. The minimum Gasteiger partial charge on any atom is -0.300 e. The molecule has 1 saturated heterocycles. The molecule has 0 atom stereocenters. The van der Waals surface area contributed by atoms with E-state index in [0.717, 1.165) is 82.3 Å². The van der Waals surface area contributed by atoms with Crippen LogP contribution < -0.4 is 0 Å². The van der Waals surface area contributed by atoms with Crippen molar-refractivity contribution in [3.63, 3.8) is 0 Å². The lowest BCUT2D eigenvalue weighted by Crippen LogP contribution is -2.46. The van der Waals surface area contributed by atoms with Crippen molar-refractivity contribution in [2.24, 2.45) is 0 Å². The molecule has 2 aliphatic rings. The van der Waals surface area contributed by atoms with Gasteiger partial charge in [0.25, 0.3) is 0 Å². The van der Waals surface area contributed by atoms with E-state index in [0.29, 0.717) is 6.42 Å². The van der Waals surface area contributed by atoms with Gasteiger partial charge in [0.05, 0.1) is 10.7 Å². The highest BCUT2D eigenvalue weighted by Crippen LogP contribution is 2.20. The van der Waals surface area contributed by atoms with Crippen LogP contribution in [0.3, 0.4) is 0 Å². The van der Waals surface area contributed by atoms with E-state index in [4.69, 9.17) is 0 Å². The summed E-state index contributed by atoms with van der Waals surface area (Å²) in [6.45, 7) is 11.1. The predicted octanol–water partition coefficient (Wildman–Crippen LogP) is 4.44. The second-order valence-electron chi connectivity index (χ2n) is 9.89. The monoisotopic (exact) mass is 488 g/mol. The highest BCUT2D eigenvalue weighted by atomic mass is 32.1. The zero-order chi connectivity index (χ0) is 24.0. The minimum absolute atomic E-state index is 0.276. The number of hydrogen-bond acceptors (Lipinski definition) is 6. The molecule has 1 fully saturated rings. The molecule has 2 aromatic carbocycles. The molecule has 0 aliphatic carbocycles. The summed E-state index contributed by atoms with van der Waals surface area (Å²) in [7, 11) is 0. The third kappa shape index (κ3) is 6.64. The fraction of sp³-hybridized carbons (Fsp3) is 0.448. The van der Waals surface area contributed by atoms with Gasteiger partial charge in [0.1, 0.15) is 0 Å². The first-order valence-corrected chi connectivity index (χ1v) is 13.8. The molecule has 5 rings (SSSR count). The Hall–Kier alpha value is -2.38. The van der Waals surface area contributed by atoms with Crippen molar-refractivity contribution < 1.29 is 4.79 Å². The van der Waals surface area contributed by atoms with Crippen molar-refractivity contribution in [1.82, 2.24) is 19.7 Å². The van der Waals surface area contributed by atoms with Gasteiger partial charge in [-0.15, -0.1) is 11.3 Å². The normalized spacial score (nSPS) is 17.7. The van der Waals surface area contributed by atoms with Gasteiger partial charge in [-0.1, -0.05) is 42.5 Å². The smallest absolute Gasteiger partial charge is 0.164 e. The Morgan fingerprint density at radius 2 is 1.57 bits per heavy atom.